The van der Waals surface area contributed by atoms with Crippen LogP contribution < -0.4 is 0 Å². The number of aliphatic hydroxyl groups excluding tert-OH is 1. The Kier molecular flexibility index (Phi) is 3.99. The summed E-state index contributed by atoms with van der Waals surface area (Å²) in [5.74, 6) is 0.725. The third-order valence-corrected chi connectivity index (χ3v) is 2.69. The number of oxazole rings is 1. The number of rotatable bonds is 5. The third-order valence-electron chi connectivity index (χ3n) is 2.69. The molecule has 6 heteroatoms. The number of aromatic nitrogens is 4. The molecule has 2 heterocycles. The zero-order valence-electron chi connectivity index (χ0n) is 11.6. The van der Waals surface area contributed by atoms with Gasteiger partial charge in [0.1, 0.15) is 12.0 Å². The van der Waals surface area contributed by atoms with Crippen LogP contribution in [0.15, 0.2) is 16.9 Å². The highest BCUT2D eigenvalue weighted by atomic mass is 16.3. The summed E-state index contributed by atoms with van der Waals surface area (Å²) in [6.07, 6.45) is 4.98. The molecule has 0 spiro atoms. The minimum absolute atomic E-state index is 0.0904. The van der Waals surface area contributed by atoms with Gasteiger partial charge in [0.15, 0.2) is 5.89 Å². The molecular weight excluding hydrogens is 244 g/mol. The lowest BCUT2D eigenvalue weighted by Crippen LogP contribution is -2.12. The van der Waals surface area contributed by atoms with E-state index in [0.29, 0.717) is 13.0 Å². The molecule has 0 amide bonds. The van der Waals surface area contributed by atoms with Crippen molar-refractivity contribution in [3.63, 3.8) is 0 Å². The molecule has 2 aromatic heterocycles. The number of hydrogen-bond donors (Lipinski definition) is 1. The van der Waals surface area contributed by atoms with Crippen molar-refractivity contribution in [2.45, 2.75) is 45.6 Å². The third kappa shape index (κ3) is 3.64. The van der Waals surface area contributed by atoms with E-state index in [4.69, 9.17) is 9.52 Å². The Morgan fingerprint density at radius 2 is 2.11 bits per heavy atom. The molecule has 0 fully saturated rings. The molecule has 2 rings (SSSR count). The van der Waals surface area contributed by atoms with E-state index in [1.54, 1.807) is 10.9 Å². The van der Waals surface area contributed by atoms with Gasteiger partial charge < -0.3 is 9.52 Å². The van der Waals surface area contributed by atoms with E-state index in [2.05, 4.69) is 36.1 Å². The number of nitrogens with zero attached hydrogens (tertiary/aromatic N) is 4. The predicted octanol–water partition coefficient (Wildman–Crippen LogP) is 1.54. The van der Waals surface area contributed by atoms with Crippen molar-refractivity contribution in [1.82, 2.24) is 20.0 Å². The quantitative estimate of drug-likeness (QED) is 0.886. The van der Waals surface area contributed by atoms with Gasteiger partial charge in [0.2, 0.25) is 0 Å². The molecule has 0 aromatic carbocycles. The molecule has 0 radical (unpaired) electrons. The lowest BCUT2D eigenvalue weighted by Gasteiger charge is -2.11. The maximum Gasteiger partial charge on any atom is 0.199 e. The lowest BCUT2D eigenvalue weighted by atomic mass is 9.97. The fourth-order valence-electron chi connectivity index (χ4n) is 1.68. The lowest BCUT2D eigenvalue weighted by molar-refractivity contribution is 0.288. The topological polar surface area (TPSA) is 77.0 Å². The molecule has 104 valence electrons. The normalized spacial score (nSPS) is 12.0. The van der Waals surface area contributed by atoms with Crippen molar-refractivity contribution < 1.29 is 9.52 Å². The van der Waals surface area contributed by atoms with Crippen molar-refractivity contribution in [1.29, 1.82) is 0 Å². The van der Waals surface area contributed by atoms with Crippen LogP contribution in [0.5, 0.6) is 0 Å². The summed E-state index contributed by atoms with van der Waals surface area (Å²) in [7, 11) is 0. The Morgan fingerprint density at radius 1 is 1.32 bits per heavy atom. The first-order chi connectivity index (χ1) is 8.99. The van der Waals surface area contributed by atoms with Crippen LogP contribution in [0.2, 0.25) is 0 Å². The highest BCUT2D eigenvalue weighted by Gasteiger charge is 2.20. The Hall–Kier alpha value is -1.69. The predicted molar refractivity (Wildman–Crippen MR) is 69.7 cm³/mol. The Bertz CT molecular complexity index is 525. The Morgan fingerprint density at radius 3 is 2.74 bits per heavy atom. The summed E-state index contributed by atoms with van der Waals surface area (Å²) < 4.78 is 7.20. The van der Waals surface area contributed by atoms with Crippen LogP contribution in [0.4, 0.5) is 0 Å². The highest BCUT2D eigenvalue weighted by Crippen LogP contribution is 2.21. The minimum Gasteiger partial charge on any atom is -0.448 e. The zero-order chi connectivity index (χ0) is 13.9. The molecule has 0 saturated heterocycles. The highest BCUT2D eigenvalue weighted by molar-refractivity contribution is 5.04. The van der Waals surface area contributed by atoms with Gasteiger partial charge >= 0.3 is 0 Å². The van der Waals surface area contributed by atoms with Gasteiger partial charge in [-0.3, -0.25) is 0 Å². The smallest absolute Gasteiger partial charge is 0.199 e. The molecule has 0 aliphatic heterocycles. The molecule has 0 saturated carbocycles. The van der Waals surface area contributed by atoms with E-state index in [0.717, 1.165) is 23.7 Å². The molecule has 0 aliphatic carbocycles. The number of hydrogen-bond acceptors (Lipinski definition) is 5. The molecular formula is C13H20N4O2. The summed E-state index contributed by atoms with van der Waals surface area (Å²) >= 11 is 0. The molecule has 6 nitrogen and oxygen atoms in total. The average molecular weight is 264 g/mol. The van der Waals surface area contributed by atoms with Crippen LogP contribution in [0.25, 0.3) is 0 Å². The molecule has 0 aliphatic rings. The van der Waals surface area contributed by atoms with Gasteiger partial charge in [-0.1, -0.05) is 26.0 Å². The van der Waals surface area contributed by atoms with Crippen molar-refractivity contribution >= 4 is 0 Å². The van der Waals surface area contributed by atoms with Crippen LogP contribution >= 0.6 is 0 Å². The van der Waals surface area contributed by atoms with E-state index < -0.39 is 0 Å². The average Bonchev–Trinajstić information content (AvgIpc) is 2.95. The van der Waals surface area contributed by atoms with Crippen LogP contribution in [-0.2, 0) is 18.4 Å². The first-order valence-electron chi connectivity index (χ1n) is 6.44. The van der Waals surface area contributed by atoms with Crippen molar-refractivity contribution in [2.75, 3.05) is 6.61 Å². The standard InChI is InChI=1S/C13H20N4O2/c1-13(2,3)12-14-11(9-19-12)8-17-7-10(15-16-17)5-4-6-18/h7,9,18H,4-6,8H2,1-3H3. The number of aryl methyl sites for hydroxylation is 1. The molecule has 0 unspecified atom stereocenters. The van der Waals surface area contributed by atoms with Gasteiger partial charge in [-0.25, -0.2) is 9.67 Å². The largest absolute Gasteiger partial charge is 0.448 e. The van der Waals surface area contributed by atoms with E-state index >= 15 is 0 Å². The Labute approximate surface area is 112 Å². The first-order valence-corrected chi connectivity index (χ1v) is 6.44. The van der Waals surface area contributed by atoms with Crippen LogP contribution in [0.1, 0.15) is 44.5 Å². The van der Waals surface area contributed by atoms with Gasteiger partial charge in [0, 0.05) is 18.2 Å². The number of aliphatic hydroxyl groups is 1. The summed E-state index contributed by atoms with van der Waals surface area (Å²) in [6.45, 7) is 6.90. The van der Waals surface area contributed by atoms with E-state index in [9.17, 15) is 0 Å². The summed E-state index contributed by atoms with van der Waals surface area (Å²) in [5.41, 5.74) is 1.63. The van der Waals surface area contributed by atoms with Crippen molar-refractivity contribution in [2.24, 2.45) is 0 Å². The van der Waals surface area contributed by atoms with Crippen molar-refractivity contribution in [3.05, 3.63) is 29.7 Å². The van der Waals surface area contributed by atoms with E-state index in [-0.39, 0.29) is 12.0 Å². The maximum absolute atomic E-state index is 8.77. The summed E-state index contributed by atoms with van der Waals surface area (Å²) in [4.78, 5) is 4.45. The molecule has 0 atom stereocenters. The van der Waals surface area contributed by atoms with Gasteiger partial charge in [0.25, 0.3) is 0 Å². The summed E-state index contributed by atoms with van der Waals surface area (Å²) in [5, 5.41) is 16.9. The maximum atomic E-state index is 8.77. The Balaban J connectivity index is 2.01. The van der Waals surface area contributed by atoms with Gasteiger partial charge in [0.05, 0.1) is 12.2 Å². The van der Waals surface area contributed by atoms with E-state index in [1.807, 2.05) is 6.20 Å². The van der Waals surface area contributed by atoms with Crippen LogP contribution in [0, 0.1) is 0 Å². The minimum atomic E-state index is -0.0904. The fraction of sp³-hybridized carbons (Fsp3) is 0.615. The van der Waals surface area contributed by atoms with Gasteiger partial charge in [-0.05, 0) is 12.8 Å². The molecule has 2 aromatic rings. The monoisotopic (exact) mass is 264 g/mol. The van der Waals surface area contributed by atoms with Gasteiger partial charge in [-0.15, -0.1) is 5.10 Å². The first kappa shape index (κ1) is 13.7. The molecule has 1 N–H and O–H groups in total. The van der Waals surface area contributed by atoms with Crippen LogP contribution in [-0.4, -0.2) is 31.7 Å². The summed E-state index contributed by atoms with van der Waals surface area (Å²) in [6, 6.07) is 0. The molecule has 0 bridgehead atoms. The van der Waals surface area contributed by atoms with Gasteiger partial charge in [-0.2, -0.15) is 0 Å². The van der Waals surface area contributed by atoms with E-state index in [1.165, 1.54) is 0 Å². The zero-order valence-corrected chi connectivity index (χ0v) is 11.6. The fourth-order valence-corrected chi connectivity index (χ4v) is 1.68. The molecule has 19 heavy (non-hydrogen) atoms. The SMILES string of the molecule is CC(C)(C)c1nc(Cn2cc(CCCO)nn2)co1. The second-order valence-electron chi connectivity index (χ2n) is 5.63. The second kappa shape index (κ2) is 5.52. The van der Waals surface area contributed by atoms with Crippen LogP contribution in [0.3, 0.4) is 0 Å². The second-order valence-corrected chi connectivity index (χ2v) is 5.63. The van der Waals surface area contributed by atoms with Crippen molar-refractivity contribution in [3.8, 4) is 0 Å².